The molecule has 0 amide bonds. The van der Waals surface area contributed by atoms with Crippen molar-refractivity contribution in [1.29, 1.82) is 0 Å². The zero-order valence-corrected chi connectivity index (χ0v) is 9.13. The molecule has 0 aliphatic carbocycles. The molecule has 2 aromatic rings. The molecule has 0 radical (unpaired) electrons. The molecule has 2 heterocycles. The summed E-state index contributed by atoms with van der Waals surface area (Å²) in [5, 5.41) is 0. The molecule has 2 rings (SSSR count). The molecule has 0 bridgehead atoms. The molecular formula is C12H13N3O. The Bertz CT molecular complexity index is 445. The van der Waals surface area contributed by atoms with Gasteiger partial charge in [0.1, 0.15) is 6.61 Å². The van der Waals surface area contributed by atoms with Crippen molar-refractivity contribution in [2.45, 2.75) is 20.0 Å². The lowest BCUT2D eigenvalue weighted by Gasteiger charge is -2.04. The Balaban J connectivity index is 1.99. The molecule has 16 heavy (non-hydrogen) atoms. The van der Waals surface area contributed by atoms with Crippen molar-refractivity contribution in [1.82, 2.24) is 15.0 Å². The minimum atomic E-state index is 0.348. The van der Waals surface area contributed by atoms with Crippen LogP contribution in [0.3, 0.4) is 0 Å². The van der Waals surface area contributed by atoms with Gasteiger partial charge in [0.25, 0.3) is 0 Å². The number of rotatable bonds is 4. The second kappa shape index (κ2) is 5.21. The Kier molecular flexibility index (Phi) is 3.43. The van der Waals surface area contributed by atoms with Crippen LogP contribution in [0.1, 0.15) is 18.4 Å². The molecule has 0 unspecified atom stereocenters. The topological polar surface area (TPSA) is 47.9 Å². The Morgan fingerprint density at radius 2 is 1.94 bits per heavy atom. The van der Waals surface area contributed by atoms with Crippen molar-refractivity contribution in [3.8, 4) is 5.88 Å². The molecule has 0 aromatic carbocycles. The highest BCUT2D eigenvalue weighted by atomic mass is 16.5. The van der Waals surface area contributed by atoms with Crippen molar-refractivity contribution >= 4 is 0 Å². The van der Waals surface area contributed by atoms with E-state index < -0.39 is 0 Å². The van der Waals surface area contributed by atoms with Crippen LogP contribution in [0.4, 0.5) is 0 Å². The van der Waals surface area contributed by atoms with Gasteiger partial charge in [-0.3, -0.25) is 0 Å². The largest absolute Gasteiger partial charge is 0.469 e. The lowest BCUT2D eigenvalue weighted by molar-refractivity contribution is 0.283. The van der Waals surface area contributed by atoms with Crippen LogP contribution in [0.15, 0.2) is 36.7 Å². The normalized spacial score (nSPS) is 10.1. The molecule has 0 aliphatic rings. The maximum absolute atomic E-state index is 5.50. The number of pyridine rings is 1. The first-order chi connectivity index (χ1) is 7.88. The van der Waals surface area contributed by atoms with Gasteiger partial charge < -0.3 is 4.74 Å². The molecule has 0 atom stereocenters. The number of ether oxygens (including phenoxy) is 1. The monoisotopic (exact) mass is 215 g/mol. The van der Waals surface area contributed by atoms with Crippen LogP contribution in [0.5, 0.6) is 5.88 Å². The SMILES string of the molecule is CCc1cccc(OCc2ncccn2)n1. The summed E-state index contributed by atoms with van der Waals surface area (Å²) in [6.07, 6.45) is 4.29. The molecule has 0 fully saturated rings. The third-order valence-electron chi connectivity index (χ3n) is 2.11. The van der Waals surface area contributed by atoms with Gasteiger partial charge in [0.05, 0.1) is 0 Å². The van der Waals surface area contributed by atoms with Gasteiger partial charge in [-0.2, -0.15) is 0 Å². The standard InChI is InChI=1S/C12H13N3O/c1-2-10-5-3-6-12(15-10)16-9-11-13-7-4-8-14-11/h3-8H,2,9H2,1H3. The summed E-state index contributed by atoms with van der Waals surface area (Å²) in [5.74, 6) is 1.28. The third-order valence-corrected chi connectivity index (χ3v) is 2.11. The smallest absolute Gasteiger partial charge is 0.213 e. The fourth-order valence-corrected chi connectivity index (χ4v) is 1.28. The van der Waals surface area contributed by atoms with E-state index >= 15 is 0 Å². The van der Waals surface area contributed by atoms with Crippen molar-refractivity contribution in [3.63, 3.8) is 0 Å². The molecular weight excluding hydrogens is 202 g/mol. The van der Waals surface area contributed by atoms with Gasteiger partial charge in [0, 0.05) is 24.2 Å². The average molecular weight is 215 g/mol. The first kappa shape index (κ1) is 10.5. The van der Waals surface area contributed by atoms with Crippen LogP contribution in [-0.2, 0) is 13.0 Å². The average Bonchev–Trinajstić information content (AvgIpc) is 2.38. The van der Waals surface area contributed by atoms with Crippen molar-refractivity contribution in [3.05, 3.63) is 48.2 Å². The second-order valence-electron chi connectivity index (χ2n) is 3.27. The second-order valence-corrected chi connectivity index (χ2v) is 3.27. The van der Waals surface area contributed by atoms with Crippen LogP contribution in [0.25, 0.3) is 0 Å². The van der Waals surface area contributed by atoms with E-state index in [-0.39, 0.29) is 0 Å². The fraction of sp³-hybridized carbons (Fsp3) is 0.250. The highest BCUT2D eigenvalue weighted by Gasteiger charge is 1.99. The third kappa shape index (κ3) is 2.76. The Labute approximate surface area is 94.4 Å². The van der Waals surface area contributed by atoms with Crippen LogP contribution >= 0.6 is 0 Å². The predicted octanol–water partition coefficient (Wildman–Crippen LogP) is 2.01. The minimum absolute atomic E-state index is 0.348. The van der Waals surface area contributed by atoms with Gasteiger partial charge in [-0.05, 0) is 18.6 Å². The summed E-state index contributed by atoms with van der Waals surface area (Å²) in [6.45, 7) is 2.41. The van der Waals surface area contributed by atoms with Gasteiger partial charge in [0.15, 0.2) is 5.82 Å². The number of hydrogen-bond acceptors (Lipinski definition) is 4. The molecule has 82 valence electrons. The summed E-state index contributed by atoms with van der Waals surface area (Å²) in [4.78, 5) is 12.5. The molecule has 4 heteroatoms. The van der Waals surface area contributed by atoms with E-state index in [2.05, 4.69) is 21.9 Å². The van der Waals surface area contributed by atoms with Crippen molar-refractivity contribution in [2.75, 3.05) is 0 Å². The van der Waals surface area contributed by atoms with Gasteiger partial charge >= 0.3 is 0 Å². The molecule has 0 aliphatic heterocycles. The number of aryl methyl sites for hydroxylation is 1. The first-order valence-electron chi connectivity index (χ1n) is 5.23. The predicted molar refractivity (Wildman–Crippen MR) is 60.0 cm³/mol. The highest BCUT2D eigenvalue weighted by molar-refractivity contribution is 5.15. The zero-order chi connectivity index (χ0) is 11.2. The number of aromatic nitrogens is 3. The lowest BCUT2D eigenvalue weighted by Crippen LogP contribution is -2.02. The summed E-state index contributed by atoms with van der Waals surface area (Å²) in [7, 11) is 0. The minimum Gasteiger partial charge on any atom is -0.469 e. The first-order valence-corrected chi connectivity index (χ1v) is 5.23. The highest BCUT2D eigenvalue weighted by Crippen LogP contribution is 2.09. The van der Waals surface area contributed by atoms with Crippen molar-refractivity contribution in [2.24, 2.45) is 0 Å². The van der Waals surface area contributed by atoms with Crippen LogP contribution in [0.2, 0.25) is 0 Å². The van der Waals surface area contributed by atoms with Gasteiger partial charge in [-0.1, -0.05) is 13.0 Å². The Morgan fingerprint density at radius 3 is 2.69 bits per heavy atom. The van der Waals surface area contributed by atoms with E-state index in [1.165, 1.54) is 0 Å². The summed E-state index contributed by atoms with van der Waals surface area (Å²) in [5.41, 5.74) is 1.02. The lowest BCUT2D eigenvalue weighted by atomic mass is 10.3. The quantitative estimate of drug-likeness (QED) is 0.782. The van der Waals surface area contributed by atoms with E-state index in [4.69, 9.17) is 4.74 Å². The van der Waals surface area contributed by atoms with Gasteiger partial charge in [-0.15, -0.1) is 0 Å². The molecule has 2 aromatic heterocycles. The van der Waals surface area contributed by atoms with E-state index in [0.717, 1.165) is 12.1 Å². The summed E-state index contributed by atoms with van der Waals surface area (Å²) < 4.78 is 5.50. The van der Waals surface area contributed by atoms with E-state index in [9.17, 15) is 0 Å². The zero-order valence-electron chi connectivity index (χ0n) is 9.13. The van der Waals surface area contributed by atoms with E-state index in [1.807, 2.05) is 18.2 Å². The van der Waals surface area contributed by atoms with Gasteiger partial charge in [0.2, 0.25) is 5.88 Å². The Hall–Kier alpha value is -1.97. The summed E-state index contributed by atoms with van der Waals surface area (Å²) >= 11 is 0. The molecule has 0 saturated heterocycles. The van der Waals surface area contributed by atoms with Crippen molar-refractivity contribution < 1.29 is 4.74 Å². The fourth-order valence-electron chi connectivity index (χ4n) is 1.28. The van der Waals surface area contributed by atoms with E-state index in [1.54, 1.807) is 18.5 Å². The Morgan fingerprint density at radius 1 is 1.12 bits per heavy atom. The van der Waals surface area contributed by atoms with E-state index in [0.29, 0.717) is 18.3 Å². The molecule has 0 saturated carbocycles. The maximum atomic E-state index is 5.50. The number of nitrogens with zero attached hydrogens (tertiary/aromatic N) is 3. The summed E-state index contributed by atoms with van der Waals surface area (Å²) in [6, 6.07) is 7.53. The van der Waals surface area contributed by atoms with Crippen LogP contribution in [-0.4, -0.2) is 15.0 Å². The maximum Gasteiger partial charge on any atom is 0.213 e. The molecule has 4 nitrogen and oxygen atoms in total. The molecule has 0 spiro atoms. The van der Waals surface area contributed by atoms with Crippen LogP contribution < -0.4 is 4.74 Å². The van der Waals surface area contributed by atoms with Crippen LogP contribution in [0, 0.1) is 0 Å². The number of hydrogen-bond donors (Lipinski definition) is 0. The molecule has 0 N–H and O–H groups in total. The van der Waals surface area contributed by atoms with Gasteiger partial charge in [-0.25, -0.2) is 15.0 Å².